The fourth-order valence-electron chi connectivity index (χ4n) is 3.69. The predicted molar refractivity (Wildman–Crippen MR) is 113 cm³/mol. The van der Waals surface area contributed by atoms with Gasteiger partial charge in [0.15, 0.2) is 0 Å². The first kappa shape index (κ1) is 18.4. The van der Waals surface area contributed by atoms with Gasteiger partial charge >= 0.3 is 5.97 Å². The highest BCUT2D eigenvalue weighted by Crippen LogP contribution is 2.32. The maximum atomic E-state index is 13.1. The Balaban J connectivity index is 1.76. The molecule has 0 bridgehead atoms. The lowest BCUT2D eigenvalue weighted by atomic mass is 10.0. The molecule has 0 fully saturated rings. The zero-order valence-corrected chi connectivity index (χ0v) is 16.7. The van der Waals surface area contributed by atoms with Crippen LogP contribution in [0, 0.1) is 0 Å². The second-order valence-electron chi connectivity index (χ2n) is 8.27. The van der Waals surface area contributed by atoms with Crippen LogP contribution in [0.1, 0.15) is 37.6 Å². The van der Waals surface area contributed by atoms with E-state index in [9.17, 15) is 4.79 Å². The number of fused-ring (bicyclic) bond motifs is 3. The van der Waals surface area contributed by atoms with Crippen LogP contribution in [0.5, 0.6) is 0 Å². The van der Waals surface area contributed by atoms with Crippen molar-refractivity contribution in [2.24, 2.45) is 0 Å². The Hall–Kier alpha value is -3.01. The first-order chi connectivity index (χ1) is 13.4. The summed E-state index contributed by atoms with van der Waals surface area (Å²) in [6, 6.07) is 18.6. The predicted octanol–water partition coefficient (Wildman–Crippen LogP) is 4.91. The molecule has 0 atom stereocenters. The van der Waals surface area contributed by atoms with Gasteiger partial charge in [-0.3, -0.25) is 0 Å². The van der Waals surface area contributed by atoms with Crippen molar-refractivity contribution in [2.75, 3.05) is 6.54 Å². The lowest BCUT2D eigenvalue weighted by Crippen LogP contribution is -2.25. The third-order valence-electron chi connectivity index (χ3n) is 4.89. The number of esters is 1. The van der Waals surface area contributed by atoms with Crippen LogP contribution in [0.25, 0.3) is 16.5 Å². The van der Waals surface area contributed by atoms with Gasteiger partial charge in [0, 0.05) is 30.2 Å². The number of rotatable bonds is 3. The van der Waals surface area contributed by atoms with E-state index in [0.29, 0.717) is 5.57 Å². The summed E-state index contributed by atoms with van der Waals surface area (Å²) >= 11 is 0. The molecule has 4 heteroatoms. The average Bonchev–Trinajstić information content (AvgIpc) is 2.92. The Labute approximate surface area is 165 Å². The third kappa shape index (κ3) is 3.81. The van der Waals surface area contributed by atoms with Gasteiger partial charge in [0.2, 0.25) is 0 Å². The van der Waals surface area contributed by atoms with Crippen LogP contribution >= 0.6 is 0 Å². The largest absolute Gasteiger partial charge is 0.456 e. The quantitative estimate of drug-likeness (QED) is 0.663. The van der Waals surface area contributed by atoms with Crippen LogP contribution in [0.4, 0.5) is 0 Å². The van der Waals surface area contributed by atoms with E-state index < -0.39 is 5.60 Å². The van der Waals surface area contributed by atoms with Gasteiger partial charge in [0.05, 0.1) is 11.3 Å². The number of hydrogen-bond acceptors (Lipinski definition) is 3. The number of carbonyl (C=O) groups is 1. The molecular weight excluding hydrogens is 348 g/mol. The molecule has 0 aliphatic carbocycles. The SMILES string of the molecule is CC(C)(C)OC(=O)C1=CN(Cc2ccccc2)CCc2c1[nH]c1ccccc21. The van der Waals surface area contributed by atoms with Crippen LogP contribution in [-0.2, 0) is 22.5 Å². The lowest BCUT2D eigenvalue weighted by molar-refractivity contribution is -0.147. The minimum atomic E-state index is -0.541. The summed E-state index contributed by atoms with van der Waals surface area (Å²) in [6.45, 7) is 7.30. The number of benzene rings is 2. The number of carbonyl (C=O) groups excluding carboxylic acids is 1. The second-order valence-corrected chi connectivity index (χ2v) is 8.27. The normalized spacial score (nSPS) is 14.4. The number of H-pyrrole nitrogens is 1. The molecule has 0 unspecified atom stereocenters. The number of hydrogen-bond donors (Lipinski definition) is 1. The molecule has 0 saturated heterocycles. The van der Waals surface area contributed by atoms with Crippen molar-refractivity contribution in [2.45, 2.75) is 39.3 Å². The van der Waals surface area contributed by atoms with Crippen LogP contribution in [0.2, 0.25) is 0 Å². The van der Waals surface area contributed by atoms with Crippen LogP contribution in [0.3, 0.4) is 0 Å². The molecule has 28 heavy (non-hydrogen) atoms. The van der Waals surface area contributed by atoms with Crippen LogP contribution in [-0.4, -0.2) is 28.0 Å². The first-order valence-electron chi connectivity index (χ1n) is 9.74. The molecule has 4 rings (SSSR count). The van der Waals surface area contributed by atoms with Crippen molar-refractivity contribution in [1.29, 1.82) is 0 Å². The van der Waals surface area contributed by atoms with Gasteiger partial charge in [0.25, 0.3) is 0 Å². The Bertz CT molecular complexity index is 1030. The standard InChI is InChI=1S/C24H26N2O2/c1-24(2,3)28-23(27)20-16-26(15-17-9-5-4-6-10-17)14-13-19-18-11-7-8-12-21(18)25-22(19)20/h4-12,16,25H,13-15H2,1-3H3. The van der Waals surface area contributed by atoms with E-state index in [4.69, 9.17) is 4.74 Å². The summed E-state index contributed by atoms with van der Waals surface area (Å²) in [4.78, 5) is 18.7. The van der Waals surface area contributed by atoms with Crippen molar-refractivity contribution in [3.8, 4) is 0 Å². The molecular formula is C24H26N2O2. The molecule has 2 heterocycles. The number of nitrogens with zero attached hydrogens (tertiary/aromatic N) is 1. The number of aromatic nitrogens is 1. The van der Waals surface area contributed by atoms with E-state index in [1.807, 2.05) is 57.3 Å². The third-order valence-corrected chi connectivity index (χ3v) is 4.89. The van der Waals surface area contributed by atoms with E-state index in [2.05, 4.69) is 34.1 Å². The highest BCUT2D eigenvalue weighted by Gasteiger charge is 2.28. The molecule has 0 saturated carbocycles. The molecule has 0 radical (unpaired) electrons. The Morgan fingerprint density at radius 3 is 2.54 bits per heavy atom. The number of nitrogens with one attached hydrogen (secondary N) is 1. The van der Waals surface area contributed by atoms with Crippen molar-refractivity contribution < 1.29 is 9.53 Å². The summed E-state index contributed by atoms with van der Waals surface area (Å²) in [5.74, 6) is -0.291. The summed E-state index contributed by atoms with van der Waals surface area (Å²) < 4.78 is 5.73. The minimum Gasteiger partial charge on any atom is -0.456 e. The van der Waals surface area contributed by atoms with Gasteiger partial charge in [0.1, 0.15) is 5.60 Å². The highest BCUT2D eigenvalue weighted by molar-refractivity contribution is 6.17. The van der Waals surface area contributed by atoms with Gasteiger partial charge in [-0.25, -0.2) is 4.79 Å². The molecule has 1 aromatic heterocycles. The molecule has 0 spiro atoms. The summed E-state index contributed by atoms with van der Waals surface area (Å²) in [5.41, 5.74) is 4.39. The fourth-order valence-corrected chi connectivity index (χ4v) is 3.69. The van der Waals surface area contributed by atoms with Gasteiger partial charge in [-0.15, -0.1) is 0 Å². The van der Waals surface area contributed by atoms with Crippen molar-refractivity contribution in [1.82, 2.24) is 9.88 Å². The Morgan fingerprint density at radius 1 is 1.07 bits per heavy atom. The van der Waals surface area contributed by atoms with Gasteiger partial charge < -0.3 is 14.6 Å². The van der Waals surface area contributed by atoms with E-state index in [0.717, 1.165) is 30.7 Å². The second kappa shape index (κ2) is 7.19. The van der Waals surface area contributed by atoms with E-state index in [-0.39, 0.29) is 5.97 Å². The number of para-hydroxylation sites is 1. The van der Waals surface area contributed by atoms with Crippen LogP contribution < -0.4 is 0 Å². The van der Waals surface area contributed by atoms with Crippen molar-refractivity contribution >= 4 is 22.4 Å². The molecule has 1 aliphatic heterocycles. The zero-order chi connectivity index (χ0) is 19.7. The summed E-state index contributed by atoms with van der Waals surface area (Å²) in [6.07, 6.45) is 2.83. The molecule has 1 aliphatic rings. The molecule has 0 amide bonds. The lowest BCUT2D eigenvalue weighted by Gasteiger charge is -2.22. The average molecular weight is 374 g/mol. The smallest absolute Gasteiger partial charge is 0.342 e. The highest BCUT2D eigenvalue weighted by atomic mass is 16.6. The maximum Gasteiger partial charge on any atom is 0.342 e. The Morgan fingerprint density at radius 2 is 1.79 bits per heavy atom. The maximum absolute atomic E-state index is 13.1. The Kier molecular flexibility index (Phi) is 4.71. The van der Waals surface area contributed by atoms with E-state index in [1.165, 1.54) is 16.5 Å². The van der Waals surface area contributed by atoms with Gasteiger partial charge in [-0.1, -0.05) is 48.5 Å². The molecule has 1 N–H and O–H groups in total. The van der Waals surface area contributed by atoms with Crippen LogP contribution in [0.15, 0.2) is 60.8 Å². The molecule has 2 aromatic carbocycles. The summed E-state index contributed by atoms with van der Waals surface area (Å²) in [5, 5.41) is 1.17. The van der Waals surface area contributed by atoms with E-state index >= 15 is 0 Å². The van der Waals surface area contributed by atoms with Gasteiger partial charge in [-0.2, -0.15) is 0 Å². The van der Waals surface area contributed by atoms with Crippen molar-refractivity contribution in [3.63, 3.8) is 0 Å². The first-order valence-corrected chi connectivity index (χ1v) is 9.74. The van der Waals surface area contributed by atoms with Crippen molar-refractivity contribution in [3.05, 3.63) is 77.6 Å². The van der Waals surface area contributed by atoms with Gasteiger partial charge in [-0.05, 0) is 44.4 Å². The topological polar surface area (TPSA) is 45.3 Å². The molecule has 4 nitrogen and oxygen atoms in total. The summed E-state index contributed by atoms with van der Waals surface area (Å²) in [7, 11) is 0. The number of aromatic amines is 1. The number of ether oxygens (including phenoxy) is 1. The fraction of sp³-hybridized carbons (Fsp3) is 0.292. The van der Waals surface area contributed by atoms with E-state index in [1.54, 1.807) is 0 Å². The minimum absolute atomic E-state index is 0.291. The molecule has 144 valence electrons. The monoisotopic (exact) mass is 374 g/mol. The molecule has 3 aromatic rings. The zero-order valence-electron chi connectivity index (χ0n) is 16.7.